The van der Waals surface area contributed by atoms with Gasteiger partial charge in [-0.25, -0.2) is 0 Å². The van der Waals surface area contributed by atoms with Crippen molar-refractivity contribution in [2.24, 2.45) is 0 Å². The van der Waals surface area contributed by atoms with Gasteiger partial charge in [0.2, 0.25) is 0 Å². The van der Waals surface area contributed by atoms with Gasteiger partial charge in [0.25, 0.3) is 0 Å². The minimum absolute atomic E-state index is 0.628. The van der Waals surface area contributed by atoms with Crippen LogP contribution in [-0.2, 0) is 4.74 Å². The summed E-state index contributed by atoms with van der Waals surface area (Å²) in [5.74, 6) is 0. The first-order chi connectivity index (χ1) is 8.70. The van der Waals surface area contributed by atoms with E-state index >= 15 is 0 Å². The predicted octanol–water partition coefficient (Wildman–Crippen LogP) is 0.0323. The van der Waals surface area contributed by atoms with E-state index in [1.54, 1.807) is 7.11 Å². The first-order valence-electron chi connectivity index (χ1n) is 6.30. The summed E-state index contributed by atoms with van der Waals surface area (Å²) in [6, 6.07) is 4.86. The predicted molar refractivity (Wildman–Crippen MR) is 74.7 cm³/mol. The van der Waals surface area contributed by atoms with Gasteiger partial charge < -0.3 is 0 Å². The summed E-state index contributed by atoms with van der Waals surface area (Å²) in [6.07, 6.45) is 3.10. The van der Waals surface area contributed by atoms with Crippen molar-refractivity contribution in [1.82, 2.24) is 9.88 Å². The molecular weight excluding hydrogens is 289 g/mol. The topological polar surface area (TPSA) is 28.6 Å². The van der Waals surface area contributed by atoms with Crippen LogP contribution in [0.2, 0.25) is 0 Å². The molecule has 0 bridgehead atoms. The van der Waals surface area contributed by atoms with Crippen LogP contribution in [0.25, 0.3) is 0 Å². The fourth-order valence-corrected chi connectivity index (χ4v) is 2.78. The zero-order valence-corrected chi connectivity index (χ0v) is 12.9. The van der Waals surface area contributed by atoms with Gasteiger partial charge in [0.15, 0.2) is 0 Å². The maximum absolute atomic E-state index is 5.13. The molecule has 1 aliphatic heterocycles. The van der Waals surface area contributed by atoms with E-state index in [0.717, 1.165) is 30.7 Å². The van der Waals surface area contributed by atoms with Crippen LogP contribution >= 0.6 is 0 Å². The number of ether oxygens (including phenoxy) is 1. The fraction of sp³-hybridized carbons (Fsp3) is 0.615. The van der Waals surface area contributed by atoms with Gasteiger partial charge in [0, 0.05) is 0 Å². The second-order valence-corrected chi connectivity index (χ2v) is 5.70. The molecule has 0 aliphatic carbocycles. The van der Waals surface area contributed by atoms with Gasteiger partial charge in [0.1, 0.15) is 0 Å². The zero-order chi connectivity index (χ0) is 13.0. The number of likely N-dealkylation sites (N-methyl/N-ethyl adjacent to an activating group) is 1. The molecule has 2 heterocycles. The molecule has 1 aliphatic rings. The van der Waals surface area contributed by atoms with Crippen LogP contribution in [0.5, 0.6) is 0 Å². The molecule has 1 atom stereocenters. The van der Waals surface area contributed by atoms with Crippen molar-refractivity contribution < 1.29 is 4.74 Å². The van der Waals surface area contributed by atoms with Crippen molar-refractivity contribution in [2.45, 2.75) is 12.5 Å². The summed E-state index contributed by atoms with van der Waals surface area (Å²) in [7, 11) is 3.94. The third-order valence-electron chi connectivity index (χ3n) is 3.53. The molecule has 0 amide bonds. The van der Waals surface area contributed by atoms with Crippen LogP contribution in [0, 0.1) is 0 Å². The Hall–Kier alpha value is -0.572. The first-order valence-corrected chi connectivity index (χ1v) is 7.23. The number of pyridine rings is 1. The summed E-state index contributed by atoms with van der Waals surface area (Å²) in [5.41, 5.74) is 1.28. The Balaban J connectivity index is 1.92. The minimum atomic E-state index is 0.628. The maximum atomic E-state index is 5.13. The van der Waals surface area contributed by atoms with E-state index < -0.39 is 0 Å². The summed E-state index contributed by atoms with van der Waals surface area (Å²) >= 11 is 2.50. The molecule has 2 radical (unpaired) electrons. The van der Waals surface area contributed by atoms with Crippen molar-refractivity contribution in [3.63, 3.8) is 0 Å². The molecule has 98 valence electrons. The van der Waals surface area contributed by atoms with E-state index in [1.165, 1.54) is 12.1 Å². The number of hydrogen-bond donors (Lipinski definition) is 0. The molecule has 1 aromatic rings. The Bertz CT molecular complexity index is 388. The third kappa shape index (κ3) is 3.47. The average Bonchev–Trinajstić information content (AvgIpc) is 2.85. The molecular formula is C13H20AsN3O. The molecule has 18 heavy (non-hydrogen) atoms. The number of nitrogens with zero attached hydrogens (tertiary/aromatic N) is 3. The van der Waals surface area contributed by atoms with E-state index in [9.17, 15) is 0 Å². The molecule has 0 spiro atoms. The van der Waals surface area contributed by atoms with Crippen molar-refractivity contribution in [1.29, 1.82) is 0 Å². The molecule has 0 N–H and O–H groups in total. The van der Waals surface area contributed by atoms with Crippen molar-refractivity contribution in [2.75, 3.05) is 45.3 Å². The van der Waals surface area contributed by atoms with Crippen LogP contribution in [0.3, 0.4) is 0 Å². The average molecular weight is 309 g/mol. The van der Waals surface area contributed by atoms with Crippen LogP contribution in [0.4, 0.5) is 5.69 Å². The number of hydrogen-bond acceptors (Lipinski definition) is 4. The molecule has 1 aromatic heterocycles. The van der Waals surface area contributed by atoms with Gasteiger partial charge in [-0.05, 0) is 0 Å². The Morgan fingerprint density at radius 3 is 3.17 bits per heavy atom. The van der Waals surface area contributed by atoms with Crippen LogP contribution in [-0.4, -0.2) is 73.2 Å². The molecule has 2 rings (SSSR count). The summed E-state index contributed by atoms with van der Waals surface area (Å²) in [5, 5.41) is 0. The number of rotatable bonds is 5. The molecule has 0 unspecified atom stereocenters. The summed E-state index contributed by atoms with van der Waals surface area (Å²) in [4.78, 5) is 9.06. The first kappa shape index (κ1) is 13.9. The van der Waals surface area contributed by atoms with Gasteiger partial charge >= 0.3 is 118 Å². The molecule has 0 aromatic carbocycles. The molecule has 1 saturated heterocycles. The standard InChI is InChI=1S/C13H20AsN3O/c1-16(7-8-18-2)12-4-6-17(10-12)11-3-5-15-13(14)9-11/h3,5,9,12H,4,6-8,10H2,1-2H3/t12-/m0/s1. The number of aromatic nitrogens is 1. The number of anilines is 1. The van der Waals surface area contributed by atoms with Crippen molar-refractivity contribution >= 4 is 27.0 Å². The molecule has 5 heteroatoms. The molecule has 0 saturated carbocycles. The monoisotopic (exact) mass is 309 g/mol. The number of methoxy groups -OCH3 is 1. The second-order valence-electron chi connectivity index (χ2n) is 4.73. The zero-order valence-electron chi connectivity index (χ0n) is 11.0. The van der Waals surface area contributed by atoms with Gasteiger partial charge in [-0.15, -0.1) is 0 Å². The SMILES string of the molecule is COCCN(C)[C@H]1CCN(c2ccnc([As])c2)C1. The quantitative estimate of drug-likeness (QED) is 0.718. The molecule has 4 nitrogen and oxygen atoms in total. The van der Waals surface area contributed by atoms with E-state index in [-0.39, 0.29) is 0 Å². The van der Waals surface area contributed by atoms with Crippen LogP contribution < -0.4 is 9.38 Å². The van der Waals surface area contributed by atoms with Gasteiger partial charge in [-0.3, -0.25) is 0 Å². The summed E-state index contributed by atoms with van der Waals surface area (Å²) < 4.78 is 6.16. The van der Waals surface area contributed by atoms with Gasteiger partial charge in [0.05, 0.1) is 0 Å². The molecule has 1 fully saturated rings. The Kier molecular flexibility index (Phi) is 5.04. The van der Waals surface area contributed by atoms with Crippen LogP contribution in [0.1, 0.15) is 6.42 Å². The van der Waals surface area contributed by atoms with Crippen molar-refractivity contribution in [3.8, 4) is 0 Å². The second kappa shape index (κ2) is 6.55. The Morgan fingerprint density at radius 1 is 1.61 bits per heavy atom. The Morgan fingerprint density at radius 2 is 2.44 bits per heavy atom. The van der Waals surface area contributed by atoms with E-state index in [2.05, 4.69) is 50.8 Å². The third-order valence-corrected chi connectivity index (χ3v) is 4.04. The van der Waals surface area contributed by atoms with E-state index in [4.69, 9.17) is 4.74 Å². The Labute approximate surface area is 118 Å². The normalized spacial score (nSPS) is 19.8. The van der Waals surface area contributed by atoms with Crippen molar-refractivity contribution in [3.05, 3.63) is 18.3 Å². The van der Waals surface area contributed by atoms with Gasteiger partial charge in [-0.2, -0.15) is 0 Å². The van der Waals surface area contributed by atoms with E-state index in [1.807, 2.05) is 6.20 Å². The van der Waals surface area contributed by atoms with E-state index in [0.29, 0.717) is 6.04 Å². The van der Waals surface area contributed by atoms with Crippen LogP contribution in [0.15, 0.2) is 18.3 Å². The fourth-order valence-electron chi connectivity index (χ4n) is 2.36. The summed E-state index contributed by atoms with van der Waals surface area (Å²) in [6.45, 7) is 4.02. The van der Waals surface area contributed by atoms with Gasteiger partial charge in [-0.1, -0.05) is 0 Å².